The van der Waals surface area contributed by atoms with E-state index < -0.39 is 45.1 Å². The molecule has 0 aromatic heterocycles. The summed E-state index contributed by atoms with van der Waals surface area (Å²) < 4.78 is 82.0. The lowest BCUT2D eigenvalue weighted by atomic mass is 10.0. The average molecular weight is 565 g/mol. The van der Waals surface area contributed by atoms with Gasteiger partial charge < -0.3 is 19.9 Å². The van der Waals surface area contributed by atoms with Crippen LogP contribution in [-0.2, 0) is 14.8 Å². The van der Waals surface area contributed by atoms with Crippen molar-refractivity contribution >= 4 is 21.6 Å². The zero-order valence-electron chi connectivity index (χ0n) is 21.4. The van der Waals surface area contributed by atoms with Crippen molar-refractivity contribution in [2.75, 3.05) is 24.5 Å². The minimum atomic E-state index is -4.33. The molecule has 3 aromatic carbocycles. The minimum absolute atomic E-state index is 0.0660. The lowest BCUT2D eigenvalue weighted by molar-refractivity contribution is -0.136. The number of anilines is 1. The van der Waals surface area contributed by atoms with Crippen molar-refractivity contribution in [3.05, 3.63) is 72.0 Å². The lowest BCUT2D eigenvalue weighted by Crippen LogP contribution is -2.46. The number of aliphatic hydroxyl groups is 1. The van der Waals surface area contributed by atoms with Gasteiger partial charge in [0, 0.05) is 24.6 Å². The first-order valence-electron chi connectivity index (χ1n) is 11.9. The number of halogens is 3. The van der Waals surface area contributed by atoms with Gasteiger partial charge in [0.15, 0.2) is 11.6 Å². The number of methoxy groups -OCH3 is 1. The van der Waals surface area contributed by atoms with Crippen molar-refractivity contribution < 1.29 is 41.0 Å². The van der Waals surface area contributed by atoms with Gasteiger partial charge in [-0.3, -0.25) is 9.10 Å². The highest BCUT2D eigenvalue weighted by Crippen LogP contribution is 2.41. The second-order valence-corrected chi connectivity index (χ2v) is 11.3. The van der Waals surface area contributed by atoms with E-state index in [9.17, 15) is 31.5 Å². The molecule has 0 bridgehead atoms. The van der Waals surface area contributed by atoms with Gasteiger partial charge in [-0.05, 0) is 61.9 Å². The highest BCUT2D eigenvalue weighted by atomic mass is 32.2. The van der Waals surface area contributed by atoms with Crippen LogP contribution in [0.3, 0.4) is 0 Å². The van der Waals surface area contributed by atoms with Gasteiger partial charge in [0.1, 0.15) is 29.1 Å². The number of amides is 1. The number of rotatable bonds is 8. The van der Waals surface area contributed by atoms with Crippen LogP contribution >= 0.6 is 0 Å². The summed E-state index contributed by atoms with van der Waals surface area (Å²) >= 11 is 0. The van der Waals surface area contributed by atoms with Crippen LogP contribution in [0.4, 0.5) is 18.9 Å². The first kappa shape index (κ1) is 28.2. The molecular formula is C27H27F3N2O6S. The van der Waals surface area contributed by atoms with Crippen LogP contribution < -0.4 is 19.1 Å². The van der Waals surface area contributed by atoms with Gasteiger partial charge >= 0.3 is 0 Å². The van der Waals surface area contributed by atoms with Gasteiger partial charge in [-0.2, -0.15) is 0 Å². The number of ether oxygens (including phenoxy) is 2. The Hall–Kier alpha value is -3.77. The van der Waals surface area contributed by atoms with Crippen LogP contribution in [0.25, 0.3) is 11.1 Å². The van der Waals surface area contributed by atoms with Crippen LogP contribution in [0, 0.1) is 17.5 Å². The number of hydrogen-bond donors (Lipinski definition) is 2. The summed E-state index contributed by atoms with van der Waals surface area (Å²) in [5.74, 6) is -2.85. The molecule has 3 aromatic rings. The molecule has 2 N–H and O–H groups in total. The Balaban J connectivity index is 1.74. The van der Waals surface area contributed by atoms with Crippen LogP contribution in [0.5, 0.6) is 11.5 Å². The maximum atomic E-state index is 14.5. The Morgan fingerprint density at radius 3 is 2.51 bits per heavy atom. The number of sulfonamides is 1. The minimum Gasteiger partial charge on any atom is -0.494 e. The zero-order chi connectivity index (χ0) is 28.5. The molecule has 0 aliphatic carbocycles. The van der Waals surface area contributed by atoms with Crippen molar-refractivity contribution in [3.63, 3.8) is 0 Å². The molecule has 0 unspecified atom stereocenters. The summed E-state index contributed by atoms with van der Waals surface area (Å²) in [4.78, 5) is 11.8. The number of nitrogens with zero attached hydrogens (tertiary/aromatic N) is 1. The van der Waals surface area contributed by atoms with Gasteiger partial charge in [-0.15, -0.1) is 0 Å². The Kier molecular flexibility index (Phi) is 7.80. The molecule has 0 spiro atoms. The molecule has 0 radical (unpaired) electrons. The summed E-state index contributed by atoms with van der Waals surface area (Å²) in [5, 5.41) is 12.4. The molecule has 1 atom stereocenters. The zero-order valence-corrected chi connectivity index (χ0v) is 22.2. The summed E-state index contributed by atoms with van der Waals surface area (Å²) in [6.45, 7) is 2.54. The summed E-state index contributed by atoms with van der Waals surface area (Å²) in [5.41, 5.74) is -1.40. The standard InChI is InChI=1S/C27H27F3N2O6S/c1-27(2,34)26(33)31-11-10-18-15-32(39(35,36)19-6-8-22(30)25(14-19)37-3)23-12-16(4-9-24(23)38-18)20-13-17(28)5-7-21(20)29/h4-9,12-14,18,34H,10-11,15H2,1-3H3,(H,31,33)/t18-/m0/s1. The first-order chi connectivity index (χ1) is 18.3. The second-order valence-electron chi connectivity index (χ2n) is 9.48. The summed E-state index contributed by atoms with van der Waals surface area (Å²) in [7, 11) is -3.12. The number of carbonyl (C=O) groups is 1. The first-order valence-corrected chi connectivity index (χ1v) is 13.4. The van der Waals surface area contributed by atoms with Crippen molar-refractivity contribution in [1.29, 1.82) is 0 Å². The van der Waals surface area contributed by atoms with Gasteiger partial charge in [0.2, 0.25) is 0 Å². The van der Waals surface area contributed by atoms with Crippen molar-refractivity contribution in [1.82, 2.24) is 5.32 Å². The molecule has 0 saturated carbocycles. The Labute approximate surface area is 224 Å². The average Bonchev–Trinajstić information content (AvgIpc) is 2.88. The summed E-state index contributed by atoms with van der Waals surface area (Å²) in [6.07, 6.45) is -0.547. The van der Waals surface area contributed by atoms with E-state index in [1.165, 1.54) is 39.2 Å². The smallest absolute Gasteiger partial charge is 0.264 e. The molecule has 8 nitrogen and oxygen atoms in total. The van der Waals surface area contributed by atoms with Crippen molar-refractivity contribution in [2.45, 2.75) is 36.9 Å². The fourth-order valence-electron chi connectivity index (χ4n) is 4.07. The normalized spacial score (nSPS) is 15.4. The molecule has 1 aliphatic heterocycles. The predicted octanol–water partition coefficient (Wildman–Crippen LogP) is 4.01. The second kappa shape index (κ2) is 10.8. The van der Waals surface area contributed by atoms with E-state index in [1.54, 1.807) is 0 Å². The van der Waals surface area contributed by atoms with Crippen LogP contribution in [-0.4, -0.2) is 51.3 Å². The largest absolute Gasteiger partial charge is 0.494 e. The highest BCUT2D eigenvalue weighted by molar-refractivity contribution is 7.92. The van der Waals surface area contributed by atoms with Gasteiger partial charge in [0.05, 0.1) is 24.2 Å². The fourth-order valence-corrected chi connectivity index (χ4v) is 5.58. The Morgan fingerprint density at radius 1 is 1.10 bits per heavy atom. The van der Waals surface area contributed by atoms with Crippen LogP contribution in [0.2, 0.25) is 0 Å². The third-order valence-electron chi connectivity index (χ3n) is 6.15. The maximum Gasteiger partial charge on any atom is 0.264 e. The van der Waals surface area contributed by atoms with Gasteiger partial charge in [-0.25, -0.2) is 21.6 Å². The maximum absolute atomic E-state index is 14.5. The number of hydrogen-bond acceptors (Lipinski definition) is 6. The molecule has 4 rings (SSSR count). The van der Waals surface area contributed by atoms with E-state index in [0.717, 1.165) is 40.7 Å². The Bertz CT molecular complexity index is 1510. The van der Waals surface area contributed by atoms with Crippen molar-refractivity contribution in [2.24, 2.45) is 0 Å². The van der Waals surface area contributed by atoms with E-state index in [-0.39, 0.29) is 52.7 Å². The van der Waals surface area contributed by atoms with Crippen LogP contribution in [0.15, 0.2) is 59.5 Å². The Morgan fingerprint density at radius 2 is 1.82 bits per heavy atom. The lowest BCUT2D eigenvalue weighted by Gasteiger charge is -2.36. The molecule has 0 fully saturated rings. The topological polar surface area (TPSA) is 105 Å². The van der Waals surface area contributed by atoms with Crippen molar-refractivity contribution in [3.8, 4) is 22.6 Å². The molecule has 1 heterocycles. The van der Waals surface area contributed by atoms with E-state index in [4.69, 9.17) is 9.47 Å². The van der Waals surface area contributed by atoms with E-state index in [2.05, 4.69) is 5.32 Å². The number of benzene rings is 3. The molecule has 1 aliphatic rings. The molecule has 0 saturated heterocycles. The molecule has 12 heteroatoms. The van der Waals surface area contributed by atoms with E-state index in [1.807, 2.05) is 0 Å². The third-order valence-corrected chi connectivity index (χ3v) is 7.92. The monoisotopic (exact) mass is 564 g/mol. The predicted molar refractivity (Wildman–Crippen MR) is 138 cm³/mol. The quantitative estimate of drug-likeness (QED) is 0.429. The number of carbonyl (C=O) groups excluding carboxylic acids is 1. The van der Waals surface area contributed by atoms with E-state index in [0.29, 0.717) is 0 Å². The van der Waals surface area contributed by atoms with Crippen LogP contribution in [0.1, 0.15) is 20.3 Å². The SMILES string of the molecule is COc1cc(S(=O)(=O)N2C[C@H](CCNC(=O)C(C)(C)O)Oc3ccc(-c4cc(F)ccc4F)cc32)ccc1F. The highest BCUT2D eigenvalue weighted by Gasteiger charge is 2.35. The van der Waals surface area contributed by atoms with Gasteiger partial charge in [0.25, 0.3) is 15.9 Å². The fraction of sp³-hybridized carbons (Fsp3) is 0.296. The third kappa shape index (κ3) is 5.96. The van der Waals surface area contributed by atoms with Gasteiger partial charge in [-0.1, -0.05) is 6.07 Å². The van der Waals surface area contributed by atoms with E-state index >= 15 is 0 Å². The molecular weight excluding hydrogens is 537 g/mol. The number of nitrogens with one attached hydrogen (secondary N) is 1. The molecule has 1 amide bonds. The molecule has 208 valence electrons. The number of fused-ring (bicyclic) bond motifs is 1. The summed E-state index contributed by atoms with van der Waals surface area (Å²) in [6, 6.07) is 10.3. The molecule has 39 heavy (non-hydrogen) atoms.